The SMILES string of the molecule is Cc1ccc(-n2c(SCC(O)CO)nc3sc4c(c3c2=O)CCN(C)C4)cc1. The number of aliphatic hydroxyl groups excluding tert-OH is 2. The molecule has 4 rings (SSSR count). The Kier molecular flexibility index (Phi) is 5.57. The van der Waals surface area contributed by atoms with Gasteiger partial charge in [0.25, 0.3) is 5.56 Å². The first-order valence-electron chi connectivity index (χ1n) is 9.22. The van der Waals surface area contributed by atoms with Crippen LogP contribution in [-0.2, 0) is 13.0 Å². The maximum absolute atomic E-state index is 13.6. The third kappa shape index (κ3) is 3.62. The first-order valence-corrected chi connectivity index (χ1v) is 11.0. The fourth-order valence-corrected chi connectivity index (χ4v) is 5.66. The molecule has 2 N–H and O–H groups in total. The van der Waals surface area contributed by atoms with Gasteiger partial charge in [0.15, 0.2) is 5.16 Å². The zero-order valence-corrected chi connectivity index (χ0v) is 17.5. The highest BCUT2D eigenvalue weighted by atomic mass is 32.2. The smallest absolute Gasteiger partial charge is 0.267 e. The zero-order chi connectivity index (χ0) is 19.8. The Balaban J connectivity index is 1.91. The van der Waals surface area contributed by atoms with Crippen molar-refractivity contribution >= 4 is 33.3 Å². The topological polar surface area (TPSA) is 78.6 Å². The maximum atomic E-state index is 13.6. The molecule has 2 aromatic heterocycles. The molecule has 0 saturated carbocycles. The van der Waals surface area contributed by atoms with E-state index in [1.165, 1.54) is 16.6 Å². The van der Waals surface area contributed by atoms with E-state index in [-0.39, 0.29) is 17.9 Å². The van der Waals surface area contributed by atoms with Crippen LogP contribution in [0.1, 0.15) is 16.0 Å². The number of hydrogen-bond acceptors (Lipinski definition) is 7. The third-order valence-corrected chi connectivity index (χ3v) is 7.14. The van der Waals surface area contributed by atoms with Crippen LogP contribution in [0.15, 0.2) is 34.2 Å². The van der Waals surface area contributed by atoms with Gasteiger partial charge >= 0.3 is 0 Å². The average molecular weight is 418 g/mol. The minimum atomic E-state index is -0.853. The van der Waals surface area contributed by atoms with Crippen molar-refractivity contribution < 1.29 is 10.2 Å². The Morgan fingerprint density at radius 1 is 1.32 bits per heavy atom. The molecule has 0 radical (unpaired) electrons. The number of thiophene rings is 1. The Hall–Kier alpha value is -1.71. The number of likely N-dealkylation sites (N-methyl/N-ethyl adjacent to an activating group) is 1. The van der Waals surface area contributed by atoms with Crippen LogP contribution >= 0.6 is 23.1 Å². The van der Waals surface area contributed by atoms with Crippen LogP contribution in [0.4, 0.5) is 0 Å². The summed E-state index contributed by atoms with van der Waals surface area (Å²) in [4.78, 5) is 22.6. The highest BCUT2D eigenvalue weighted by Gasteiger charge is 2.24. The lowest BCUT2D eigenvalue weighted by atomic mass is 10.1. The van der Waals surface area contributed by atoms with Gasteiger partial charge < -0.3 is 15.1 Å². The Bertz CT molecular complexity index is 1060. The Morgan fingerprint density at radius 3 is 2.79 bits per heavy atom. The number of thioether (sulfide) groups is 1. The van der Waals surface area contributed by atoms with E-state index >= 15 is 0 Å². The molecule has 28 heavy (non-hydrogen) atoms. The minimum Gasteiger partial charge on any atom is -0.394 e. The van der Waals surface area contributed by atoms with Crippen molar-refractivity contribution in [2.75, 3.05) is 26.0 Å². The number of aryl methyl sites for hydroxylation is 1. The van der Waals surface area contributed by atoms with Crippen LogP contribution < -0.4 is 5.56 Å². The molecule has 8 heteroatoms. The highest BCUT2D eigenvalue weighted by Crippen LogP contribution is 2.34. The second-order valence-electron chi connectivity index (χ2n) is 7.19. The molecule has 3 heterocycles. The number of hydrogen-bond donors (Lipinski definition) is 2. The van der Waals surface area contributed by atoms with Gasteiger partial charge in [-0.1, -0.05) is 29.5 Å². The van der Waals surface area contributed by atoms with E-state index in [1.807, 2.05) is 31.2 Å². The van der Waals surface area contributed by atoms with Crippen LogP contribution in [0.5, 0.6) is 0 Å². The average Bonchev–Trinajstić information content (AvgIpc) is 3.04. The van der Waals surface area contributed by atoms with Crippen LogP contribution in [0.2, 0.25) is 0 Å². The molecule has 6 nitrogen and oxygen atoms in total. The molecule has 0 aliphatic carbocycles. The van der Waals surface area contributed by atoms with Crippen molar-refractivity contribution in [3.8, 4) is 5.69 Å². The number of benzene rings is 1. The predicted octanol–water partition coefficient (Wildman–Crippen LogP) is 2.19. The Morgan fingerprint density at radius 2 is 2.07 bits per heavy atom. The maximum Gasteiger partial charge on any atom is 0.267 e. The highest BCUT2D eigenvalue weighted by molar-refractivity contribution is 7.99. The molecule has 148 valence electrons. The lowest BCUT2D eigenvalue weighted by Gasteiger charge is -2.21. The lowest BCUT2D eigenvalue weighted by molar-refractivity contribution is 0.113. The molecule has 0 saturated heterocycles. The van der Waals surface area contributed by atoms with Gasteiger partial charge in [-0.05, 0) is 38.1 Å². The minimum absolute atomic E-state index is 0.0584. The standard InChI is InChI=1S/C20H23N3O3S2/c1-12-3-5-13(6-4-12)23-19(26)17-15-7-8-22(2)9-16(15)28-18(17)21-20(23)27-11-14(25)10-24/h3-6,14,24-25H,7-11H2,1-2H3. The normalized spacial score (nSPS) is 15.7. The van der Waals surface area contributed by atoms with Crippen molar-refractivity contribution in [2.24, 2.45) is 0 Å². The molecule has 1 aliphatic rings. The van der Waals surface area contributed by atoms with Gasteiger partial charge in [0.05, 0.1) is 23.8 Å². The first kappa shape index (κ1) is 19.6. The van der Waals surface area contributed by atoms with Gasteiger partial charge in [-0.2, -0.15) is 0 Å². The molecule has 0 spiro atoms. The van der Waals surface area contributed by atoms with Gasteiger partial charge in [-0.15, -0.1) is 11.3 Å². The molecular formula is C20H23N3O3S2. The molecule has 1 unspecified atom stereocenters. The summed E-state index contributed by atoms with van der Waals surface area (Å²) < 4.78 is 1.64. The van der Waals surface area contributed by atoms with Crippen molar-refractivity contribution in [1.29, 1.82) is 0 Å². The number of rotatable bonds is 5. The zero-order valence-electron chi connectivity index (χ0n) is 15.9. The van der Waals surface area contributed by atoms with Crippen LogP contribution in [-0.4, -0.2) is 56.7 Å². The summed E-state index contributed by atoms with van der Waals surface area (Å²) in [7, 11) is 2.09. The summed E-state index contributed by atoms with van der Waals surface area (Å²) in [5.41, 5.74) is 2.95. The summed E-state index contributed by atoms with van der Waals surface area (Å²) in [6.45, 7) is 3.46. The summed E-state index contributed by atoms with van der Waals surface area (Å²) in [5, 5.41) is 20.2. The van der Waals surface area contributed by atoms with Gasteiger partial charge in [-0.3, -0.25) is 9.36 Å². The second-order valence-corrected chi connectivity index (χ2v) is 9.26. The number of nitrogens with zero attached hydrogens (tertiary/aromatic N) is 3. The summed E-state index contributed by atoms with van der Waals surface area (Å²) >= 11 is 2.88. The van der Waals surface area contributed by atoms with Gasteiger partial charge in [0.2, 0.25) is 0 Å². The Labute approximate surface area is 171 Å². The van der Waals surface area contributed by atoms with Gasteiger partial charge in [0, 0.05) is 23.7 Å². The molecular weight excluding hydrogens is 394 g/mol. The molecule has 3 aromatic rings. The van der Waals surface area contributed by atoms with Crippen molar-refractivity contribution in [3.63, 3.8) is 0 Å². The molecule has 1 atom stereocenters. The quantitative estimate of drug-likeness (QED) is 0.489. The van der Waals surface area contributed by atoms with Crippen LogP contribution in [0.25, 0.3) is 15.9 Å². The van der Waals surface area contributed by atoms with Crippen LogP contribution in [0.3, 0.4) is 0 Å². The van der Waals surface area contributed by atoms with E-state index in [2.05, 4.69) is 11.9 Å². The van der Waals surface area contributed by atoms with Gasteiger partial charge in [-0.25, -0.2) is 4.98 Å². The third-order valence-electron chi connectivity index (χ3n) is 4.94. The largest absolute Gasteiger partial charge is 0.394 e. The van der Waals surface area contributed by atoms with E-state index in [1.54, 1.807) is 15.9 Å². The monoisotopic (exact) mass is 417 g/mol. The molecule has 0 amide bonds. The summed E-state index contributed by atoms with van der Waals surface area (Å²) in [5.74, 6) is 0.272. The van der Waals surface area contributed by atoms with Crippen LogP contribution in [0, 0.1) is 6.92 Å². The summed E-state index contributed by atoms with van der Waals surface area (Å²) in [6.07, 6.45) is 0.001000. The van der Waals surface area contributed by atoms with E-state index < -0.39 is 6.10 Å². The molecule has 1 aromatic carbocycles. The first-order chi connectivity index (χ1) is 13.5. The van der Waals surface area contributed by atoms with E-state index in [0.717, 1.165) is 46.5 Å². The van der Waals surface area contributed by atoms with E-state index in [4.69, 9.17) is 10.1 Å². The van der Waals surface area contributed by atoms with Crippen molar-refractivity contribution in [3.05, 3.63) is 50.6 Å². The fraction of sp³-hybridized carbons (Fsp3) is 0.400. The van der Waals surface area contributed by atoms with E-state index in [9.17, 15) is 9.90 Å². The molecule has 1 aliphatic heterocycles. The summed E-state index contributed by atoms with van der Waals surface area (Å²) in [6, 6.07) is 7.79. The number of aromatic nitrogens is 2. The second kappa shape index (κ2) is 7.96. The number of fused-ring (bicyclic) bond motifs is 3. The predicted molar refractivity (Wildman–Crippen MR) is 114 cm³/mol. The van der Waals surface area contributed by atoms with E-state index in [0.29, 0.717) is 5.16 Å². The van der Waals surface area contributed by atoms with Gasteiger partial charge in [0.1, 0.15) is 4.83 Å². The lowest BCUT2D eigenvalue weighted by Crippen LogP contribution is -2.27. The number of aliphatic hydroxyl groups is 2. The molecule has 0 fully saturated rings. The fourth-order valence-electron chi connectivity index (χ4n) is 3.39. The molecule has 0 bridgehead atoms. The van der Waals surface area contributed by atoms with Crippen molar-refractivity contribution in [2.45, 2.75) is 31.1 Å². The van der Waals surface area contributed by atoms with Crippen molar-refractivity contribution in [1.82, 2.24) is 14.5 Å².